The smallest absolute Gasteiger partial charge is 0.311 e. The maximum absolute atomic E-state index is 11.4. The van der Waals surface area contributed by atoms with Gasteiger partial charge in [-0.25, -0.2) is 0 Å². The first-order chi connectivity index (χ1) is 12.7. The number of aliphatic hydroxyl groups excluding tert-OH is 1. The van der Waals surface area contributed by atoms with Gasteiger partial charge in [-0.05, 0) is 74.0 Å². The van der Waals surface area contributed by atoms with Crippen molar-refractivity contribution < 1.29 is 20.1 Å². The minimum absolute atomic E-state index is 0.164. The first-order valence-electron chi connectivity index (χ1n) is 10.2. The van der Waals surface area contributed by atoms with Gasteiger partial charge in [-0.1, -0.05) is 26.0 Å². The second kappa shape index (κ2) is 6.12. The predicted molar refractivity (Wildman–Crippen MR) is 103 cm³/mol. The molecule has 4 aliphatic carbocycles. The molecule has 0 aromatic carbocycles. The molecule has 0 bridgehead atoms. The van der Waals surface area contributed by atoms with Crippen molar-refractivity contribution in [3.63, 3.8) is 0 Å². The van der Waals surface area contributed by atoms with E-state index in [1.807, 2.05) is 0 Å². The van der Waals surface area contributed by atoms with Crippen molar-refractivity contribution in [2.45, 2.75) is 64.4 Å². The van der Waals surface area contributed by atoms with Crippen LogP contribution in [0.2, 0.25) is 0 Å². The van der Waals surface area contributed by atoms with Gasteiger partial charge < -0.3 is 15.3 Å². The van der Waals surface area contributed by atoms with Crippen molar-refractivity contribution in [2.75, 3.05) is 0 Å². The fourth-order valence-electron chi connectivity index (χ4n) is 6.58. The highest BCUT2D eigenvalue weighted by atomic mass is 16.4. The lowest BCUT2D eigenvalue weighted by Crippen LogP contribution is -2.51. The molecule has 0 saturated heterocycles. The van der Waals surface area contributed by atoms with Crippen LogP contribution in [0.1, 0.15) is 58.8 Å². The number of aliphatic hydroxyl groups is 2. The largest absolute Gasteiger partial charge is 0.512 e. The molecule has 4 rings (SSSR count). The fraction of sp³-hybridized carbons (Fsp3) is 0.652. The molecular formula is C23H30O4. The topological polar surface area (TPSA) is 77.8 Å². The van der Waals surface area contributed by atoms with E-state index in [9.17, 15) is 15.0 Å². The van der Waals surface area contributed by atoms with Crippen molar-refractivity contribution in [1.82, 2.24) is 0 Å². The summed E-state index contributed by atoms with van der Waals surface area (Å²) in [5.41, 5.74) is 3.49. The third kappa shape index (κ3) is 2.65. The summed E-state index contributed by atoms with van der Waals surface area (Å²) in [5, 5.41) is 30.4. The van der Waals surface area contributed by atoms with Crippen LogP contribution in [0.25, 0.3) is 0 Å². The van der Waals surface area contributed by atoms with Crippen molar-refractivity contribution in [2.24, 2.45) is 28.6 Å². The van der Waals surface area contributed by atoms with Gasteiger partial charge in [0.25, 0.3) is 0 Å². The lowest BCUT2D eigenvalue weighted by molar-refractivity contribution is -0.136. The molecule has 146 valence electrons. The Morgan fingerprint density at radius 1 is 1.30 bits per heavy atom. The molecular weight excluding hydrogens is 340 g/mol. The van der Waals surface area contributed by atoms with E-state index in [0.717, 1.165) is 32.1 Å². The molecule has 4 heteroatoms. The number of hydrogen-bond donors (Lipinski definition) is 3. The van der Waals surface area contributed by atoms with Gasteiger partial charge in [0, 0.05) is 10.8 Å². The van der Waals surface area contributed by atoms with Crippen LogP contribution in [0.4, 0.5) is 0 Å². The highest BCUT2D eigenvalue weighted by Crippen LogP contribution is 2.65. The van der Waals surface area contributed by atoms with Gasteiger partial charge in [-0.2, -0.15) is 0 Å². The molecule has 0 aromatic heterocycles. The number of rotatable bonds is 3. The third-order valence-electron chi connectivity index (χ3n) is 8.14. The SMILES string of the molecule is C[C@]12CCC=C=C1CC[C@@H]1[C@@H]2C=C[C@@]2(C)[C@H]1CC[C@]2(O)C=C(O)CC(=O)O. The van der Waals surface area contributed by atoms with E-state index in [1.54, 1.807) is 0 Å². The number of aliphatic carboxylic acids is 1. The molecule has 0 aliphatic heterocycles. The second-order valence-corrected chi connectivity index (χ2v) is 9.43. The second-order valence-electron chi connectivity index (χ2n) is 9.43. The van der Waals surface area contributed by atoms with Crippen molar-refractivity contribution in [1.29, 1.82) is 0 Å². The molecule has 2 saturated carbocycles. The Hall–Kier alpha value is -1.77. The van der Waals surface area contributed by atoms with Gasteiger partial charge in [-0.3, -0.25) is 4.79 Å². The van der Waals surface area contributed by atoms with E-state index in [4.69, 9.17) is 5.11 Å². The molecule has 4 aliphatic rings. The van der Waals surface area contributed by atoms with Crippen LogP contribution in [0.15, 0.2) is 41.4 Å². The Morgan fingerprint density at radius 2 is 2.07 bits per heavy atom. The van der Waals surface area contributed by atoms with Crippen LogP contribution < -0.4 is 0 Å². The molecule has 0 spiro atoms. The summed E-state index contributed by atoms with van der Waals surface area (Å²) in [6.07, 6.45) is 13.5. The van der Waals surface area contributed by atoms with Crippen LogP contribution >= 0.6 is 0 Å². The van der Waals surface area contributed by atoms with Gasteiger partial charge in [0.15, 0.2) is 0 Å². The quantitative estimate of drug-likeness (QED) is 0.387. The van der Waals surface area contributed by atoms with Crippen molar-refractivity contribution >= 4 is 5.97 Å². The highest BCUT2D eigenvalue weighted by Gasteiger charge is 2.61. The van der Waals surface area contributed by atoms with E-state index < -0.39 is 23.4 Å². The summed E-state index contributed by atoms with van der Waals surface area (Å²) in [4.78, 5) is 10.9. The number of allylic oxidation sites excluding steroid dienone is 2. The summed E-state index contributed by atoms with van der Waals surface area (Å²) in [6.45, 7) is 4.46. The number of hydrogen-bond acceptors (Lipinski definition) is 3. The molecule has 0 heterocycles. The van der Waals surface area contributed by atoms with Crippen LogP contribution in [-0.4, -0.2) is 26.9 Å². The average Bonchev–Trinajstić information content (AvgIpc) is 2.84. The molecule has 2 fully saturated rings. The van der Waals surface area contributed by atoms with E-state index in [0.29, 0.717) is 24.2 Å². The zero-order valence-corrected chi connectivity index (χ0v) is 16.2. The molecule has 0 unspecified atom stereocenters. The van der Waals surface area contributed by atoms with Gasteiger partial charge in [0.1, 0.15) is 12.2 Å². The van der Waals surface area contributed by atoms with E-state index in [2.05, 4.69) is 37.8 Å². The standard InChI is InChI=1S/C23H30O4/c1-21-10-4-3-5-15(21)6-7-17-18(21)8-11-22(2)19(17)9-12-23(22,27)14-16(24)13-20(25)26/h3,8,11,14,17-19,24,27H,4,6-7,9-10,12-13H2,1-2H3,(H,25,26)/t17-,18+,19+,21+,22+,23+/m1/s1. The summed E-state index contributed by atoms with van der Waals surface area (Å²) in [5.74, 6) is -0.00959. The van der Waals surface area contributed by atoms with Gasteiger partial charge in [0.05, 0.1) is 5.60 Å². The van der Waals surface area contributed by atoms with Gasteiger partial charge in [-0.15, -0.1) is 5.73 Å². The zero-order chi connectivity index (χ0) is 19.4. The summed E-state index contributed by atoms with van der Waals surface area (Å²) in [6, 6.07) is 0. The molecule has 3 N–H and O–H groups in total. The maximum atomic E-state index is 11.4. The monoisotopic (exact) mass is 370 g/mol. The minimum Gasteiger partial charge on any atom is -0.512 e. The van der Waals surface area contributed by atoms with Gasteiger partial charge in [0.2, 0.25) is 0 Å². The van der Waals surface area contributed by atoms with Gasteiger partial charge >= 0.3 is 5.97 Å². The Morgan fingerprint density at radius 3 is 2.81 bits per heavy atom. The Labute approximate surface area is 161 Å². The first-order valence-corrected chi connectivity index (χ1v) is 10.2. The predicted octanol–water partition coefficient (Wildman–Crippen LogP) is 4.53. The first kappa shape index (κ1) is 18.6. The molecule has 4 nitrogen and oxygen atoms in total. The van der Waals surface area contributed by atoms with Crippen LogP contribution in [0, 0.1) is 28.6 Å². The fourth-order valence-corrected chi connectivity index (χ4v) is 6.58. The Bertz CT molecular complexity index is 786. The molecule has 6 atom stereocenters. The summed E-state index contributed by atoms with van der Waals surface area (Å²) in [7, 11) is 0. The average molecular weight is 370 g/mol. The van der Waals surface area contributed by atoms with Crippen molar-refractivity contribution in [3.8, 4) is 0 Å². The molecule has 0 aromatic rings. The van der Waals surface area contributed by atoms with E-state index in [1.165, 1.54) is 11.6 Å². The summed E-state index contributed by atoms with van der Waals surface area (Å²) < 4.78 is 0. The maximum Gasteiger partial charge on any atom is 0.311 e. The number of carbonyl (C=O) groups is 1. The normalized spacial score (nSPS) is 45.7. The molecule has 27 heavy (non-hydrogen) atoms. The Kier molecular flexibility index (Phi) is 4.21. The summed E-state index contributed by atoms with van der Waals surface area (Å²) >= 11 is 0. The lowest BCUT2D eigenvalue weighted by Gasteiger charge is -2.55. The minimum atomic E-state index is -1.19. The number of carboxylic acid groups (broad SMARTS) is 1. The van der Waals surface area contributed by atoms with Crippen LogP contribution in [0.3, 0.4) is 0 Å². The van der Waals surface area contributed by atoms with E-state index in [-0.39, 0.29) is 11.2 Å². The zero-order valence-electron chi connectivity index (χ0n) is 16.2. The molecule has 0 amide bonds. The molecule has 0 radical (unpaired) electrons. The third-order valence-corrected chi connectivity index (χ3v) is 8.14. The number of fused-ring (bicyclic) bond motifs is 5. The highest BCUT2D eigenvalue weighted by molar-refractivity contribution is 5.69. The van der Waals surface area contributed by atoms with Crippen LogP contribution in [-0.2, 0) is 4.79 Å². The lowest BCUT2D eigenvalue weighted by atomic mass is 9.49. The van der Waals surface area contributed by atoms with Crippen molar-refractivity contribution in [3.05, 3.63) is 41.4 Å². The Balaban J connectivity index is 1.70. The van der Waals surface area contributed by atoms with E-state index >= 15 is 0 Å². The van der Waals surface area contributed by atoms with Crippen LogP contribution in [0.5, 0.6) is 0 Å². The number of carboxylic acids is 1.